The first-order valence-electron chi connectivity index (χ1n) is 10.0. The number of urea groups is 1. The van der Waals surface area contributed by atoms with Gasteiger partial charge in [-0.25, -0.2) is 4.79 Å². The van der Waals surface area contributed by atoms with E-state index in [-0.39, 0.29) is 18.2 Å². The van der Waals surface area contributed by atoms with E-state index in [0.29, 0.717) is 19.1 Å². The number of nitrogens with zero attached hydrogens (tertiary/aromatic N) is 2. The highest BCUT2D eigenvalue weighted by Gasteiger charge is 2.32. The van der Waals surface area contributed by atoms with Crippen LogP contribution in [0.3, 0.4) is 0 Å². The summed E-state index contributed by atoms with van der Waals surface area (Å²) in [6.45, 7) is 7.37. The Morgan fingerprint density at radius 1 is 1.30 bits per heavy atom. The van der Waals surface area contributed by atoms with Crippen molar-refractivity contribution in [3.8, 4) is 0 Å². The SMILES string of the molecule is O=C(NCC1CN2CCCC2CO1)NCC(c1cccs1)N1CCOCC1. The Hall–Kier alpha value is -1.19. The highest BCUT2D eigenvalue weighted by atomic mass is 32.1. The molecule has 150 valence electrons. The van der Waals surface area contributed by atoms with Crippen LogP contribution in [0.4, 0.5) is 4.79 Å². The summed E-state index contributed by atoms with van der Waals surface area (Å²) in [5.74, 6) is 0. The van der Waals surface area contributed by atoms with E-state index in [1.54, 1.807) is 11.3 Å². The molecule has 7 nitrogen and oxygen atoms in total. The fourth-order valence-corrected chi connectivity index (χ4v) is 5.11. The van der Waals surface area contributed by atoms with Crippen LogP contribution in [0.5, 0.6) is 0 Å². The fourth-order valence-electron chi connectivity index (χ4n) is 4.25. The van der Waals surface area contributed by atoms with Gasteiger partial charge < -0.3 is 20.1 Å². The van der Waals surface area contributed by atoms with Crippen LogP contribution in [0.15, 0.2) is 17.5 Å². The van der Waals surface area contributed by atoms with Crippen LogP contribution in [0, 0.1) is 0 Å². The highest BCUT2D eigenvalue weighted by Crippen LogP contribution is 2.25. The number of nitrogens with one attached hydrogen (secondary N) is 2. The van der Waals surface area contributed by atoms with Crippen molar-refractivity contribution in [3.63, 3.8) is 0 Å². The molecule has 3 aliphatic heterocycles. The van der Waals surface area contributed by atoms with E-state index in [1.165, 1.54) is 24.3 Å². The molecule has 8 heteroatoms. The molecule has 3 aliphatic rings. The van der Waals surface area contributed by atoms with Gasteiger partial charge in [-0.1, -0.05) is 6.07 Å². The quantitative estimate of drug-likeness (QED) is 0.761. The molecule has 0 radical (unpaired) electrons. The number of amides is 2. The minimum Gasteiger partial charge on any atom is -0.379 e. The maximum Gasteiger partial charge on any atom is 0.314 e. The summed E-state index contributed by atoms with van der Waals surface area (Å²) in [5.41, 5.74) is 0. The van der Waals surface area contributed by atoms with Crippen molar-refractivity contribution < 1.29 is 14.3 Å². The minimum atomic E-state index is -0.114. The number of carbonyl (C=O) groups excluding carboxylic acids is 1. The summed E-state index contributed by atoms with van der Waals surface area (Å²) in [7, 11) is 0. The van der Waals surface area contributed by atoms with E-state index in [4.69, 9.17) is 9.47 Å². The molecule has 0 spiro atoms. The Labute approximate surface area is 165 Å². The van der Waals surface area contributed by atoms with Crippen LogP contribution in [0.25, 0.3) is 0 Å². The third-order valence-electron chi connectivity index (χ3n) is 5.77. The molecular formula is C19H30N4O3S. The van der Waals surface area contributed by atoms with Crippen LogP contribution in [0.2, 0.25) is 0 Å². The van der Waals surface area contributed by atoms with Crippen LogP contribution in [0.1, 0.15) is 23.8 Å². The lowest BCUT2D eigenvalue weighted by molar-refractivity contribution is -0.0458. The Bertz CT molecular complexity index is 594. The summed E-state index contributed by atoms with van der Waals surface area (Å²) in [6, 6.07) is 4.90. The second-order valence-electron chi connectivity index (χ2n) is 7.52. The third-order valence-corrected chi connectivity index (χ3v) is 6.74. The van der Waals surface area contributed by atoms with Crippen molar-refractivity contribution >= 4 is 17.4 Å². The second kappa shape index (κ2) is 9.34. The van der Waals surface area contributed by atoms with Gasteiger partial charge in [0.05, 0.1) is 32.0 Å². The van der Waals surface area contributed by atoms with E-state index in [0.717, 1.165) is 39.5 Å². The van der Waals surface area contributed by atoms with Gasteiger partial charge in [-0.15, -0.1) is 11.3 Å². The molecular weight excluding hydrogens is 364 g/mol. The predicted molar refractivity (Wildman–Crippen MR) is 105 cm³/mol. The number of morpholine rings is 2. The first-order chi connectivity index (χ1) is 13.3. The van der Waals surface area contributed by atoms with Crippen LogP contribution in [-0.4, -0.2) is 87.1 Å². The van der Waals surface area contributed by atoms with E-state index >= 15 is 0 Å². The molecule has 3 saturated heterocycles. The maximum absolute atomic E-state index is 12.3. The second-order valence-corrected chi connectivity index (χ2v) is 8.50. The standard InChI is InChI=1S/C19H30N4O3S/c24-19(20-11-16-13-23-5-1-3-15(23)14-26-16)21-12-17(18-4-2-10-27-18)22-6-8-25-9-7-22/h2,4,10,15-17H,1,3,5-9,11-14H2,(H2,20,21,24). The summed E-state index contributed by atoms with van der Waals surface area (Å²) in [5, 5.41) is 8.15. The summed E-state index contributed by atoms with van der Waals surface area (Å²) < 4.78 is 11.4. The molecule has 3 unspecified atom stereocenters. The highest BCUT2D eigenvalue weighted by molar-refractivity contribution is 7.10. The number of thiophene rings is 1. The van der Waals surface area contributed by atoms with Gasteiger partial charge in [0, 0.05) is 43.6 Å². The van der Waals surface area contributed by atoms with Gasteiger partial charge in [-0.3, -0.25) is 9.80 Å². The van der Waals surface area contributed by atoms with Crippen molar-refractivity contribution in [1.82, 2.24) is 20.4 Å². The zero-order valence-corrected chi connectivity index (χ0v) is 16.6. The molecule has 1 aromatic heterocycles. The van der Waals surface area contributed by atoms with Gasteiger partial charge >= 0.3 is 6.03 Å². The number of hydrogen-bond donors (Lipinski definition) is 2. The zero-order chi connectivity index (χ0) is 18.5. The van der Waals surface area contributed by atoms with Gasteiger partial charge in [0.25, 0.3) is 0 Å². The molecule has 4 heterocycles. The Kier molecular flexibility index (Phi) is 6.62. The zero-order valence-electron chi connectivity index (χ0n) is 15.8. The van der Waals surface area contributed by atoms with Crippen LogP contribution in [-0.2, 0) is 9.47 Å². The first-order valence-corrected chi connectivity index (χ1v) is 10.9. The maximum atomic E-state index is 12.3. The van der Waals surface area contributed by atoms with Gasteiger partial charge in [-0.05, 0) is 30.8 Å². The summed E-state index contributed by atoms with van der Waals surface area (Å²) >= 11 is 1.74. The molecule has 0 aromatic carbocycles. The first kappa shape index (κ1) is 19.1. The van der Waals surface area contributed by atoms with E-state index in [1.807, 2.05) is 0 Å². The van der Waals surface area contributed by atoms with Gasteiger partial charge in [0.1, 0.15) is 0 Å². The molecule has 27 heavy (non-hydrogen) atoms. The van der Waals surface area contributed by atoms with Gasteiger partial charge in [-0.2, -0.15) is 0 Å². The molecule has 0 bridgehead atoms. The number of hydrogen-bond acceptors (Lipinski definition) is 6. The largest absolute Gasteiger partial charge is 0.379 e. The molecule has 2 amide bonds. The number of rotatable bonds is 6. The average molecular weight is 395 g/mol. The molecule has 4 rings (SSSR count). The predicted octanol–water partition coefficient (Wildman–Crippen LogP) is 1.28. The Morgan fingerprint density at radius 2 is 2.19 bits per heavy atom. The van der Waals surface area contributed by atoms with Gasteiger partial charge in [0.2, 0.25) is 0 Å². The molecule has 3 fully saturated rings. The summed E-state index contributed by atoms with van der Waals surface area (Å²) in [6.07, 6.45) is 2.60. The number of fused-ring (bicyclic) bond motifs is 1. The number of ether oxygens (including phenoxy) is 2. The molecule has 1 aromatic rings. The smallest absolute Gasteiger partial charge is 0.314 e. The van der Waals surface area contributed by atoms with Crippen molar-refractivity contribution in [2.45, 2.75) is 31.0 Å². The lowest BCUT2D eigenvalue weighted by Crippen LogP contribution is -2.51. The van der Waals surface area contributed by atoms with Crippen molar-refractivity contribution in [1.29, 1.82) is 0 Å². The molecule has 0 saturated carbocycles. The fraction of sp³-hybridized carbons (Fsp3) is 0.737. The van der Waals surface area contributed by atoms with Gasteiger partial charge in [0.15, 0.2) is 0 Å². The normalized spacial score (nSPS) is 27.9. The van der Waals surface area contributed by atoms with Crippen LogP contribution >= 0.6 is 11.3 Å². The topological polar surface area (TPSA) is 66.1 Å². The average Bonchev–Trinajstić information content (AvgIpc) is 3.39. The van der Waals surface area contributed by atoms with E-state index in [2.05, 4.69) is 37.9 Å². The van der Waals surface area contributed by atoms with Crippen LogP contribution < -0.4 is 10.6 Å². The molecule has 2 N–H and O–H groups in total. The number of carbonyl (C=O) groups is 1. The monoisotopic (exact) mass is 394 g/mol. The molecule has 0 aliphatic carbocycles. The Morgan fingerprint density at radius 3 is 3.00 bits per heavy atom. The van der Waals surface area contributed by atoms with E-state index in [9.17, 15) is 4.79 Å². The van der Waals surface area contributed by atoms with Crippen molar-refractivity contribution in [2.24, 2.45) is 0 Å². The Balaban J connectivity index is 1.23. The van der Waals surface area contributed by atoms with E-state index < -0.39 is 0 Å². The molecule has 3 atom stereocenters. The van der Waals surface area contributed by atoms with Crippen molar-refractivity contribution in [2.75, 3.05) is 59.1 Å². The van der Waals surface area contributed by atoms with Crippen molar-refractivity contribution in [3.05, 3.63) is 22.4 Å². The lowest BCUT2D eigenvalue weighted by Gasteiger charge is -2.35. The lowest BCUT2D eigenvalue weighted by atomic mass is 10.2. The minimum absolute atomic E-state index is 0.0948. The third kappa shape index (κ3) is 5.00. The summed E-state index contributed by atoms with van der Waals surface area (Å²) in [4.78, 5) is 18.5.